The Morgan fingerprint density at radius 2 is 1.91 bits per heavy atom. The van der Waals surface area contributed by atoms with E-state index in [9.17, 15) is 18.0 Å². The number of rotatable bonds is 2. The molecule has 2 aromatic heterocycles. The number of hydrogen-bond donors (Lipinski definition) is 1. The molecule has 1 aromatic carbocycles. The van der Waals surface area contributed by atoms with Crippen LogP contribution in [0.4, 0.5) is 19.0 Å². The zero-order chi connectivity index (χ0) is 16.8. The zero-order valence-electron chi connectivity index (χ0n) is 11.6. The number of halogens is 4. The highest BCUT2D eigenvalue weighted by molar-refractivity contribution is 7.19. The quantitative estimate of drug-likeness (QED) is 0.747. The second-order valence-electron chi connectivity index (χ2n) is 4.63. The molecular weight excluding hydrogens is 351 g/mol. The minimum atomic E-state index is -4.49. The minimum Gasteiger partial charge on any atom is -0.372 e. The van der Waals surface area contributed by atoms with E-state index in [0.717, 1.165) is 10.6 Å². The van der Waals surface area contributed by atoms with Gasteiger partial charge >= 0.3 is 11.9 Å². The lowest BCUT2D eigenvalue weighted by atomic mass is 10.3. The van der Waals surface area contributed by atoms with Gasteiger partial charge in [-0.15, -0.1) is 11.3 Å². The summed E-state index contributed by atoms with van der Waals surface area (Å²) >= 11 is 6.35. The highest BCUT2D eigenvalue weighted by atomic mass is 35.5. The molecule has 0 aliphatic carbocycles. The van der Waals surface area contributed by atoms with Gasteiger partial charge in [0.1, 0.15) is 4.88 Å². The van der Waals surface area contributed by atoms with Gasteiger partial charge in [-0.1, -0.05) is 11.6 Å². The van der Waals surface area contributed by atoms with Crippen molar-refractivity contribution in [2.45, 2.75) is 6.18 Å². The first-order chi connectivity index (χ1) is 10.8. The monoisotopic (exact) mass is 359 g/mol. The van der Waals surface area contributed by atoms with Gasteiger partial charge in [-0.05, 0) is 30.3 Å². The van der Waals surface area contributed by atoms with E-state index < -0.39 is 16.7 Å². The lowest BCUT2D eigenvalue weighted by molar-refractivity contribution is -0.134. The third kappa shape index (κ3) is 2.79. The van der Waals surface area contributed by atoms with Crippen LogP contribution in [0.15, 0.2) is 35.1 Å². The molecule has 0 fully saturated rings. The second-order valence-corrected chi connectivity index (χ2v) is 6.12. The maximum absolute atomic E-state index is 13.0. The largest absolute Gasteiger partial charge is 0.425 e. The number of benzene rings is 1. The second kappa shape index (κ2) is 5.54. The van der Waals surface area contributed by atoms with Crippen LogP contribution in [0.5, 0.6) is 0 Å². The number of aromatic nitrogens is 2. The minimum absolute atomic E-state index is 0.121. The summed E-state index contributed by atoms with van der Waals surface area (Å²) in [6.45, 7) is 0. The number of nitrogens with zero attached hydrogens (tertiary/aromatic N) is 2. The molecule has 3 aromatic rings. The topological polar surface area (TPSA) is 46.9 Å². The number of alkyl halides is 3. The Labute approximate surface area is 137 Å². The van der Waals surface area contributed by atoms with Gasteiger partial charge in [0.25, 0.3) is 0 Å². The first-order valence-corrected chi connectivity index (χ1v) is 7.58. The molecule has 0 atom stereocenters. The van der Waals surface area contributed by atoms with E-state index in [-0.39, 0.29) is 16.0 Å². The van der Waals surface area contributed by atoms with Crippen molar-refractivity contribution in [2.24, 2.45) is 0 Å². The van der Waals surface area contributed by atoms with Crippen LogP contribution in [-0.4, -0.2) is 16.6 Å². The van der Waals surface area contributed by atoms with Gasteiger partial charge < -0.3 is 5.32 Å². The van der Waals surface area contributed by atoms with Crippen molar-refractivity contribution in [3.8, 4) is 5.69 Å². The van der Waals surface area contributed by atoms with E-state index in [1.165, 1.54) is 7.05 Å². The average Bonchev–Trinajstić information content (AvgIpc) is 2.93. The van der Waals surface area contributed by atoms with E-state index >= 15 is 0 Å². The number of hydrogen-bond acceptors (Lipinski definition) is 4. The third-order valence-corrected chi connectivity index (χ3v) is 4.60. The van der Waals surface area contributed by atoms with Crippen LogP contribution in [-0.2, 0) is 6.18 Å². The van der Waals surface area contributed by atoms with Crippen LogP contribution < -0.4 is 11.0 Å². The Hall–Kier alpha value is -2.06. The Kier molecular flexibility index (Phi) is 3.81. The molecule has 120 valence electrons. The summed E-state index contributed by atoms with van der Waals surface area (Å²) in [5.74, 6) is 0.121. The molecule has 0 saturated heterocycles. The molecular formula is C14H9ClF3N3OS. The van der Waals surface area contributed by atoms with Crippen molar-refractivity contribution < 1.29 is 13.2 Å². The summed E-state index contributed by atoms with van der Waals surface area (Å²) in [5, 5.41) is 3.12. The molecule has 0 aliphatic heterocycles. The van der Waals surface area contributed by atoms with Crippen LogP contribution in [0.3, 0.4) is 0 Å². The highest BCUT2D eigenvalue weighted by Crippen LogP contribution is 2.40. The standard InChI is InChI=1S/C14H9ClF3N3OS/c1-19-12-11-9(6-10(23-11)14(16,17)18)21(13(22)20-12)8-4-2-7(15)3-5-8/h2-6H,1H3,(H,19,20,22). The smallest absolute Gasteiger partial charge is 0.372 e. The summed E-state index contributed by atoms with van der Waals surface area (Å²) in [7, 11) is 1.50. The van der Waals surface area contributed by atoms with Gasteiger partial charge in [0.05, 0.1) is 15.9 Å². The Morgan fingerprint density at radius 1 is 1.26 bits per heavy atom. The molecule has 0 bridgehead atoms. The van der Waals surface area contributed by atoms with Crippen molar-refractivity contribution in [1.82, 2.24) is 9.55 Å². The first kappa shape index (κ1) is 15.8. The summed E-state index contributed by atoms with van der Waals surface area (Å²) < 4.78 is 40.4. The molecule has 0 saturated carbocycles. The number of nitrogens with one attached hydrogen (secondary N) is 1. The molecule has 0 radical (unpaired) electrons. The molecule has 4 nitrogen and oxygen atoms in total. The van der Waals surface area contributed by atoms with Gasteiger partial charge in [-0.2, -0.15) is 18.2 Å². The average molecular weight is 360 g/mol. The lowest BCUT2D eigenvalue weighted by Gasteiger charge is -2.09. The van der Waals surface area contributed by atoms with E-state index in [1.807, 2.05) is 0 Å². The van der Waals surface area contributed by atoms with Crippen molar-refractivity contribution in [3.63, 3.8) is 0 Å². The summed E-state index contributed by atoms with van der Waals surface area (Å²) in [4.78, 5) is 15.3. The number of thiophene rings is 1. The van der Waals surface area contributed by atoms with Gasteiger partial charge in [0.2, 0.25) is 0 Å². The van der Waals surface area contributed by atoms with Crippen LogP contribution in [0.2, 0.25) is 5.02 Å². The van der Waals surface area contributed by atoms with Crippen molar-refractivity contribution >= 4 is 39.0 Å². The number of fused-ring (bicyclic) bond motifs is 1. The summed E-state index contributed by atoms with van der Waals surface area (Å²) in [6, 6.07) is 7.17. The van der Waals surface area contributed by atoms with Crippen molar-refractivity contribution in [2.75, 3.05) is 12.4 Å². The molecule has 0 aliphatic rings. The molecule has 23 heavy (non-hydrogen) atoms. The fraction of sp³-hybridized carbons (Fsp3) is 0.143. The summed E-state index contributed by atoms with van der Waals surface area (Å²) in [6.07, 6.45) is -4.49. The van der Waals surface area contributed by atoms with Gasteiger partial charge in [0, 0.05) is 12.1 Å². The van der Waals surface area contributed by atoms with Crippen molar-refractivity contribution in [1.29, 1.82) is 0 Å². The SMILES string of the molecule is CNc1nc(=O)n(-c2ccc(Cl)cc2)c2cc(C(F)(F)F)sc12. The Morgan fingerprint density at radius 3 is 2.48 bits per heavy atom. The van der Waals surface area contributed by atoms with E-state index in [2.05, 4.69) is 10.3 Å². The van der Waals surface area contributed by atoms with Crippen LogP contribution >= 0.6 is 22.9 Å². The molecule has 0 unspecified atom stereocenters. The molecule has 0 spiro atoms. The van der Waals surface area contributed by atoms with Crippen LogP contribution in [0.1, 0.15) is 4.88 Å². The van der Waals surface area contributed by atoms with Crippen LogP contribution in [0.25, 0.3) is 15.9 Å². The van der Waals surface area contributed by atoms with Gasteiger partial charge in [-0.3, -0.25) is 4.57 Å². The fourth-order valence-electron chi connectivity index (χ4n) is 2.17. The zero-order valence-corrected chi connectivity index (χ0v) is 13.2. The maximum atomic E-state index is 13.0. The lowest BCUT2D eigenvalue weighted by Crippen LogP contribution is -2.22. The van der Waals surface area contributed by atoms with Crippen LogP contribution in [0, 0.1) is 0 Å². The number of anilines is 1. The predicted molar refractivity (Wildman–Crippen MR) is 84.8 cm³/mol. The van der Waals surface area contributed by atoms with Gasteiger partial charge in [-0.25, -0.2) is 4.79 Å². The fourth-order valence-corrected chi connectivity index (χ4v) is 3.30. The van der Waals surface area contributed by atoms with E-state index in [1.54, 1.807) is 24.3 Å². The van der Waals surface area contributed by atoms with E-state index in [4.69, 9.17) is 11.6 Å². The highest BCUT2D eigenvalue weighted by Gasteiger charge is 2.34. The van der Waals surface area contributed by atoms with Crippen molar-refractivity contribution in [3.05, 3.63) is 50.7 Å². The first-order valence-electron chi connectivity index (χ1n) is 6.39. The van der Waals surface area contributed by atoms with Gasteiger partial charge in [0.15, 0.2) is 5.82 Å². The predicted octanol–water partition coefficient (Wildman–Crippen LogP) is 4.16. The Balaban J connectivity index is 2.37. The Bertz CT molecular complexity index is 931. The molecule has 0 amide bonds. The van der Waals surface area contributed by atoms with E-state index in [0.29, 0.717) is 22.0 Å². The maximum Gasteiger partial charge on any atom is 0.425 e. The molecule has 3 rings (SSSR count). The molecule has 2 heterocycles. The molecule has 9 heteroatoms. The molecule has 1 N–H and O–H groups in total. The normalized spacial score (nSPS) is 11.9. The summed E-state index contributed by atoms with van der Waals surface area (Å²) in [5.41, 5.74) is -0.129. The third-order valence-electron chi connectivity index (χ3n) is 3.17.